The molecule has 1 aliphatic heterocycles. The lowest BCUT2D eigenvalue weighted by molar-refractivity contribution is 0.0342. The molecule has 0 radical (unpaired) electrons. The lowest BCUT2D eigenvalue weighted by Crippen LogP contribution is -2.35. The van der Waals surface area contributed by atoms with Gasteiger partial charge < -0.3 is 14.6 Å². The second-order valence-corrected chi connectivity index (χ2v) is 10.9. The molecule has 0 saturated carbocycles. The number of amides is 1. The summed E-state index contributed by atoms with van der Waals surface area (Å²) in [5.41, 5.74) is 3.02. The zero-order valence-corrected chi connectivity index (χ0v) is 24.3. The van der Waals surface area contributed by atoms with E-state index in [-0.39, 0.29) is 17.4 Å². The number of hydrogen-bond acceptors (Lipinski definition) is 6. The predicted octanol–water partition coefficient (Wildman–Crippen LogP) is 4.49. The van der Waals surface area contributed by atoms with Gasteiger partial charge in [-0.2, -0.15) is 5.10 Å². The Bertz CT molecular complexity index is 1580. The molecule has 1 N–H and O–H groups in total. The van der Waals surface area contributed by atoms with Gasteiger partial charge in [-0.25, -0.2) is 4.98 Å². The molecule has 12 heteroatoms. The fourth-order valence-electron chi connectivity index (χ4n) is 4.94. The largest absolute Gasteiger partial charge is 0.379 e. The SMILES string of the molecule is Cn1nc(C(=O)NCc2ccc(Cl)cc2)c(=O)c2cc(CN3CCOCC3)cc(CCCn3cnc(Cl)c3Cl)c21. The number of hydrogen-bond donors (Lipinski definition) is 1. The Morgan fingerprint density at radius 3 is 2.52 bits per heavy atom. The zero-order valence-electron chi connectivity index (χ0n) is 22.0. The first-order chi connectivity index (χ1) is 19.3. The number of ether oxygens (including phenoxy) is 1. The molecule has 2 aromatic carbocycles. The van der Waals surface area contributed by atoms with Crippen molar-refractivity contribution in [1.82, 2.24) is 29.5 Å². The fraction of sp³-hybridized carbons (Fsp3) is 0.357. The van der Waals surface area contributed by atoms with Crippen LogP contribution >= 0.6 is 34.8 Å². The molecule has 3 heterocycles. The molecule has 0 atom stereocenters. The molecule has 40 heavy (non-hydrogen) atoms. The third-order valence-corrected chi connectivity index (χ3v) is 7.97. The summed E-state index contributed by atoms with van der Waals surface area (Å²) in [5.74, 6) is -0.524. The van der Waals surface area contributed by atoms with Crippen LogP contribution in [0.1, 0.15) is 33.6 Å². The maximum Gasteiger partial charge on any atom is 0.276 e. The number of imidazole rings is 1. The smallest absolute Gasteiger partial charge is 0.276 e. The van der Waals surface area contributed by atoms with Crippen LogP contribution in [0.25, 0.3) is 10.9 Å². The number of halogens is 3. The van der Waals surface area contributed by atoms with Crippen molar-refractivity contribution in [2.45, 2.75) is 32.5 Å². The highest BCUT2D eigenvalue weighted by molar-refractivity contribution is 6.40. The van der Waals surface area contributed by atoms with Crippen molar-refractivity contribution >= 4 is 51.6 Å². The zero-order chi connectivity index (χ0) is 28.2. The van der Waals surface area contributed by atoms with E-state index in [9.17, 15) is 9.59 Å². The molecule has 2 aromatic heterocycles. The van der Waals surface area contributed by atoms with E-state index in [4.69, 9.17) is 39.5 Å². The summed E-state index contributed by atoms with van der Waals surface area (Å²) in [6, 6.07) is 11.2. The average Bonchev–Trinajstić information content (AvgIpc) is 3.27. The highest BCUT2D eigenvalue weighted by Crippen LogP contribution is 2.24. The Morgan fingerprint density at radius 1 is 1.07 bits per heavy atom. The summed E-state index contributed by atoms with van der Waals surface area (Å²) < 4.78 is 8.92. The minimum absolute atomic E-state index is 0.140. The summed E-state index contributed by atoms with van der Waals surface area (Å²) in [5, 5.41) is 8.97. The van der Waals surface area contributed by atoms with Crippen molar-refractivity contribution in [2.24, 2.45) is 7.05 Å². The molecule has 0 aliphatic carbocycles. The Morgan fingerprint density at radius 2 is 1.82 bits per heavy atom. The molecule has 0 unspecified atom stereocenters. The number of nitrogens with one attached hydrogen (secondary N) is 1. The minimum Gasteiger partial charge on any atom is -0.379 e. The molecule has 1 aliphatic rings. The van der Waals surface area contributed by atoms with Crippen LogP contribution in [0.15, 0.2) is 47.5 Å². The first-order valence-electron chi connectivity index (χ1n) is 13.0. The van der Waals surface area contributed by atoms with Gasteiger partial charge in [0.2, 0.25) is 5.43 Å². The van der Waals surface area contributed by atoms with E-state index < -0.39 is 11.3 Å². The number of fused-ring (bicyclic) bond motifs is 1. The van der Waals surface area contributed by atoms with Gasteiger partial charge in [0.05, 0.1) is 30.4 Å². The maximum atomic E-state index is 13.7. The lowest BCUT2D eigenvalue weighted by Gasteiger charge is -2.27. The number of morpholine rings is 1. The van der Waals surface area contributed by atoms with Crippen LogP contribution in [-0.4, -0.2) is 56.4 Å². The van der Waals surface area contributed by atoms with Crippen LogP contribution < -0.4 is 10.7 Å². The average molecular weight is 604 g/mol. The highest BCUT2D eigenvalue weighted by Gasteiger charge is 2.20. The van der Waals surface area contributed by atoms with Crippen molar-refractivity contribution in [1.29, 1.82) is 0 Å². The monoisotopic (exact) mass is 602 g/mol. The molecule has 0 spiro atoms. The van der Waals surface area contributed by atoms with Crippen molar-refractivity contribution in [3.8, 4) is 0 Å². The molecule has 1 amide bonds. The molecular weight excluding hydrogens is 575 g/mol. The summed E-state index contributed by atoms with van der Waals surface area (Å²) in [4.78, 5) is 33.1. The van der Waals surface area contributed by atoms with Crippen molar-refractivity contribution in [3.05, 3.63) is 90.7 Å². The van der Waals surface area contributed by atoms with Crippen LogP contribution in [-0.2, 0) is 37.8 Å². The van der Waals surface area contributed by atoms with E-state index in [1.165, 1.54) is 0 Å². The molecule has 0 bridgehead atoms. The number of aromatic nitrogens is 4. The Balaban J connectivity index is 1.45. The number of benzene rings is 2. The Labute approximate surface area is 246 Å². The van der Waals surface area contributed by atoms with E-state index >= 15 is 0 Å². The quantitative estimate of drug-likeness (QED) is 0.303. The molecule has 210 valence electrons. The number of aryl methyl sites for hydroxylation is 3. The van der Waals surface area contributed by atoms with Gasteiger partial charge in [0, 0.05) is 44.8 Å². The third kappa shape index (κ3) is 6.50. The predicted molar refractivity (Wildman–Crippen MR) is 156 cm³/mol. The number of rotatable bonds is 9. The second kappa shape index (κ2) is 12.7. The van der Waals surface area contributed by atoms with Crippen LogP contribution in [0.5, 0.6) is 0 Å². The highest BCUT2D eigenvalue weighted by atomic mass is 35.5. The summed E-state index contributed by atoms with van der Waals surface area (Å²) in [6.07, 6.45) is 3.01. The normalized spacial score (nSPS) is 14.1. The van der Waals surface area contributed by atoms with Gasteiger partial charge in [-0.05, 0) is 47.7 Å². The van der Waals surface area contributed by atoms with Crippen LogP contribution in [0, 0.1) is 0 Å². The maximum absolute atomic E-state index is 13.7. The van der Waals surface area contributed by atoms with Gasteiger partial charge in [-0.1, -0.05) is 53.0 Å². The Hall–Kier alpha value is -2.95. The van der Waals surface area contributed by atoms with Crippen LogP contribution in [0.2, 0.25) is 15.3 Å². The number of nitrogens with zero attached hydrogens (tertiary/aromatic N) is 5. The van der Waals surface area contributed by atoms with Gasteiger partial charge in [0.1, 0.15) is 5.15 Å². The molecule has 9 nitrogen and oxygen atoms in total. The first-order valence-corrected chi connectivity index (χ1v) is 14.1. The van der Waals surface area contributed by atoms with Crippen LogP contribution in [0.3, 0.4) is 0 Å². The van der Waals surface area contributed by atoms with Crippen molar-refractivity contribution < 1.29 is 9.53 Å². The van der Waals surface area contributed by atoms with E-state index in [1.54, 1.807) is 34.8 Å². The number of carbonyl (C=O) groups excluding carboxylic acids is 1. The topological polar surface area (TPSA) is 94.3 Å². The van der Waals surface area contributed by atoms with E-state index in [0.29, 0.717) is 53.8 Å². The second-order valence-electron chi connectivity index (χ2n) is 9.77. The fourth-order valence-corrected chi connectivity index (χ4v) is 5.40. The van der Waals surface area contributed by atoms with E-state index in [1.807, 2.05) is 18.2 Å². The van der Waals surface area contributed by atoms with Gasteiger partial charge in [0.25, 0.3) is 5.91 Å². The lowest BCUT2D eigenvalue weighted by atomic mass is 10.00. The van der Waals surface area contributed by atoms with Crippen molar-refractivity contribution in [3.63, 3.8) is 0 Å². The minimum atomic E-state index is -0.524. The summed E-state index contributed by atoms with van der Waals surface area (Å²) in [7, 11) is 1.76. The van der Waals surface area contributed by atoms with Gasteiger partial charge in [0.15, 0.2) is 10.8 Å². The van der Waals surface area contributed by atoms with Gasteiger partial charge in [-0.15, -0.1) is 0 Å². The summed E-state index contributed by atoms with van der Waals surface area (Å²) in [6.45, 7) is 4.54. The van der Waals surface area contributed by atoms with Crippen LogP contribution in [0.4, 0.5) is 0 Å². The standard InChI is InChI=1S/C28H29Cl3N6O3/c1-35-24-20(3-2-8-37-17-33-26(30)27(37)31)13-19(16-36-9-11-40-12-10-36)14-22(24)25(38)23(34-35)28(39)32-15-18-4-6-21(29)7-5-18/h4-7,13-14,17H,2-3,8-12,15-16H2,1H3,(H,32,39). The van der Waals surface area contributed by atoms with Crippen molar-refractivity contribution in [2.75, 3.05) is 26.3 Å². The third-order valence-electron chi connectivity index (χ3n) is 6.95. The molecule has 1 fully saturated rings. The molecular formula is C28H29Cl3N6O3. The van der Waals surface area contributed by atoms with E-state index in [2.05, 4.69) is 26.4 Å². The molecule has 5 rings (SSSR count). The summed E-state index contributed by atoms with van der Waals surface area (Å²) >= 11 is 18.2. The Kier molecular flexibility index (Phi) is 9.07. The van der Waals surface area contributed by atoms with E-state index in [0.717, 1.165) is 36.2 Å². The van der Waals surface area contributed by atoms with Gasteiger partial charge >= 0.3 is 0 Å². The molecule has 1 saturated heterocycles. The first kappa shape index (κ1) is 28.6. The molecule has 4 aromatic rings. The number of carbonyl (C=O) groups is 1. The van der Waals surface area contributed by atoms with Gasteiger partial charge in [-0.3, -0.25) is 19.2 Å².